The number of hydrogen-bond acceptors (Lipinski definition) is 2. The number of benzene rings is 1. The van der Waals surface area contributed by atoms with Gasteiger partial charge in [0.15, 0.2) is 0 Å². The second kappa shape index (κ2) is 5.47. The van der Waals surface area contributed by atoms with Crippen molar-refractivity contribution in [3.8, 4) is 0 Å². The molecule has 0 radical (unpaired) electrons. The molecule has 1 heterocycles. The van der Waals surface area contributed by atoms with E-state index in [1.807, 2.05) is 13.0 Å². The normalized spacial score (nSPS) is 12.7. The van der Waals surface area contributed by atoms with Gasteiger partial charge in [0.05, 0.1) is 3.79 Å². The van der Waals surface area contributed by atoms with Gasteiger partial charge in [-0.05, 0) is 53.0 Å². The standard InChI is InChI=1S/C13H12BrF2NS/c1-7-8(6-13(14)18-7)12(17)5-9-10(15)3-2-4-11(9)16/h2-4,6,12H,5,17H2,1H3. The molecule has 5 heteroatoms. The minimum atomic E-state index is -0.544. The Hall–Kier alpha value is -0.780. The number of thiophene rings is 1. The molecule has 1 aromatic carbocycles. The molecule has 0 saturated carbocycles. The van der Waals surface area contributed by atoms with E-state index in [-0.39, 0.29) is 12.0 Å². The zero-order valence-electron chi connectivity index (χ0n) is 9.71. The average molecular weight is 332 g/mol. The second-order valence-electron chi connectivity index (χ2n) is 4.07. The summed E-state index contributed by atoms with van der Waals surface area (Å²) in [5.41, 5.74) is 7.00. The van der Waals surface area contributed by atoms with Crippen molar-refractivity contribution >= 4 is 27.3 Å². The Morgan fingerprint density at radius 3 is 2.44 bits per heavy atom. The van der Waals surface area contributed by atoms with Gasteiger partial charge in [-0.25, -0.2) is 8.78 Å². The van der Waals surface area contributed by atoms with Crippen LogP contribution < -0.4 is 5.73 Å². The van der Waals surface area contributed by atoms with E-state index < -0.39 is 17.7 Å². The van der Waals surface area contributed by atoms with Gasteiger partial charge in [0.25, 0.3) is 0 Å². The summed E-state index contributed by atoms with van der Waals surface area (Å²) in [5.74, 6) is -1.09. The highest BCUT2D eigenvalue weighted by molar-refractivity contribution is 9.11. The Morgan fingerprint density at radius 2 is 1.94 bits per heavy atom. The van der Waals surface area contributed by atoms with Crippen LogP contribution in [0.25, 0.3) is 0 Å². The van der Waals surface area contributed by atoms with Gasteiger partial charge in [-0.1, -0.05) is 6.07 Å². The van der Waals surface area contributed by atoms with Crippen molar-refractivity contribution in [2.24, 2.45) is 5.73 Å². The molecule has 96 valence electrons. The molecule has 0 spiro atoms. The van der Waals surface area contributed by atoms with E-state index in [1.54, 1.807) is 11.3 Å². The highest BCUT2D eigenvalue weighted by atomic mass is 79.9. The van der Waals surface area contributed by atoms with Crippen molar-refractivity contribution in [1.82, 2.24) is 0 Å². The van der Waals surface area contributed by atoms with E-state index in [0.29, 0.717) is 0 Å². The monoisotopic (exact) mass is 331 g/mol. The number of aryl methyl sites for hydroxylation is 1. The summed E-state index contributed by atoms with van der Waals surface area (Å²) >= 11 is 4.95. The van der Waals surface area contributed by atoms with Crippen molar-refractivity contribution in [2.75, 3.05) is 0 Å². The van der Waals surface area contributed by atoms with Crippen LogP contribution >= 0.6 is 27.3 Å². The van der Waals surface area contributed by atoms with Crippen LogP contribution in [0.1, 0.15) is 22.0 Å². The van der Waals surface area contributed by atoms with Gasteiger partial charge < -0.3 is 5.73 Å². The number of rotatable bonds is 3. The number of halogens is 3. The maximum atomic E-state index is 13.5. The Morgan fingerprint density at radius 1 is 1.33 bits per heavy atom. The van der Waals surface area contributed by atoms with Crippen LogP contribution in [0.3, 0.4) is 0 Å². The lowest BCUT2D eigenvalue weighted by Gasteiger charge is -2.12. The third-order valence-corrected chi connectivity index (χ3v) is 4.38. The fraction of sp³-hybridized carbons (Fsp3) is 0.231. The van der Waals surface area contributed by atoms with Crippen molar-refractivity contribution < 1.29 is 8.78 Å². The minimum absolute atomic E-state index is 0.0479. The van der Waals surface area contributed by atoms with Crippen LogP contribution in [-0.2, 0) is 6.42 Å². The predicted molar refractivity (Wildman–Crippen MR) is 73.7 cm³/mol. The van der Waals surface area contributed by atoms with Crippen LogP contribution in [0.5, 0.6) is 0 Å². The average Bonchev–Trinajstić information content (AvgIpc) is 2.63. The summed E-state index contributed by atoms with van der Waals surface area (Å²) < 4.78 is 28.0. The summed E-state index contributed by atoms with van der Waals surface area (Å²) in [6.45, 7) is 1.95. The van der Waals surface area contributed by atoms with E-state index in [9.17, 15) is 8.78 Å². The molecule has 2 rings (SSSR count). The fourth-order valence-corrected chi connectivity index (χ4v) is 3.67. The zero-order chi connectivity index (χ0) is 13.3. The first-order valence-electron chi connectivity index (χ1n) is 5.43. The molecule has 0 fully saturated rings. The van der Waals surface area contributed by atoms with E-state index in [4.69, 9.17) is 5.73 Å². The first-order valence-corrected chi connectivity index (χ1v) is 7.04. The molecule has 0 aliphatic carbocycles. The van der Waals surface area contributed by atoms with Crippen molar-refractivity contribution in [2.45, 2.75) is 19.4 Å². The predicted octanol–water partition coefficient (Wildman–Crippen LogP) is 4.34. The lowest BCUT2D eigenvalue weighted by Crippen LogP contribution is -2.15. The molecular weight excluding hydrogens is 320 g/mol. The van der Waals surface area contributed by atoms with Gasteiger partial charge in [0.2, 0.25) is 0 Å². The molecule has 18 heavy (non-hydrogen) atoms. The van der Waals surface area contributed by atoms with Gasteiger partial charge in [0, 0.05) is 16.5 Å². The number of nitrogens with two attached hydrogens (primary N) is 1. The largest absolute Gasteiger partial charge is 0.324 e. The molecule has 1 atom stereocenters. The fourth-order valence-electron chi connectivity index (χ4n) is 1.88. The molecule has 1 nitrogen and oxygen atoms in total. The molecule has 0 aliphatic heterocycles. The van der Waals surface area contributed by atoms with E-state index in [2.05, 4.69) is 15.9 Å². The summed E-state index contributed by atoms with van der Waals surface area (Å²) in [6.07, 6.45) is 0.155. The SMILES string of the molecule is Cc1sc(Br)cc1C(N)Cc1c(F)cccc1F. The summed E-state index contributed by atoms with van der Waals surface area (Å²) in [7, 11) is 0. The van der Waals surface area contributed by atoms with Gasteiger partial charge in [-0.15, -0.1) is 11.3 Å². The van der Waals surface area contributed by atoms with Crippen molar-refractivity contribution in [1.29, 1.82) is 0 Å². The van der Waals surface area contributed by atoms with Gasteiger partial charge >= 0.3 is 0 Å². The molecule has 0 saturated heterocycles. The molecule has 1 unspecified atom stereocenters. The Bertz CT molecular complexity index is 548. The Balaban J connectivity index is 2.26. The molecule has 0 bridgehead atoms. The van der Waals surface area contributed by atoms with Crippen molar-refractivity contribution in [3.05, 3.63) is 55.7 Å². The first-order chi connectivity index (χ1) is 8.49. The summed E-state index contributed by atoms with van der Waals surface area (Å²) in [4.78, 5) is 1.06. The van der Waals surface area contributed by atoms with Crippen LogP contribution in [0, 0.1) is 18.6 Å². The highest BCUT2D eigenvalue weighted by Gasteiger charge is 2.17. The topological polar surface area (TPSA) is 26.0 Å². The van der Waals surface area contributed by atoms with Crippen LogP contribution in [0.2, 0.25) is 0 Å². The minimum Gasteiger partial charge on any atom is -0.324 e. The molecule has 0 aliphatic rings. The van der Waals surface area contributed by atoms with Crippen LogP contribution in [-0.4, -0.2) is 0 Å². The molecular formula is C13H12BrF2NS. The zero-order valence-corrected chi connectivity index (χ0v) is 12.1. The maximum absolute atomic E-state index is 13.5. The van der Waals surface area contributed by atoms with Gasteiger partial charge in [-0.3, -0.25) is 0 Å². The number of hydrogen-bond donors (Lipinski definition) is 1. The summed E-state index contributed by atoms with van der Waals surface area (Å²) in [5, 5.41) is 0. The molecule has 0 amide bonds. The second-order valence-corrected chi connectivity index (χ2v) is 6.71. The highest BCUT2D eigenvalue weighted by Crippen LogP contribution is 2.31. The van der Waals surface area contributed by atoms with Crippen molar-refractivity contribution in [3.63, 3.8) is 0 Å². The lowest BCUT2D eigenvalue weighted by atomic mass is 10.00. The molecule has 2 N–H and O–H groups in total. The van der Waals surface area contributed by atoms with Gasteiger partial charge in [-0.2, -0.15) is 0 Å². The smallest absolute Gasteiger partial charge is 0.129 e. The van der Waals surface area contributed by atoms with Crippen LogP contribution in [0.4, 0.5) is 8.78 Å². The Kier molecular flexibility index (Phi) is 4.14. The summed E-state index contributed by atoms with van der Waals surface area (Å²) in [6, 6.07) is 5.36. The maximum Gasteiger partial charge on any atom is 0.129 e. The first kappa shape index (κ1) is 13.6. The third kappa shape index (κ3) is 2.79. The third-order valence-electron chi connectivity index (χ3n) is 2.81. The van der Waals surface area contributed by atoms with E-state index >= 15 is 0 Å². The quantitative estimate of drug-likeness (QED) is 0.889. The van der Waals surface area contributed by atoms with E-state index in [1.165, 1.54) is 18.2 Å². The lowest BCUT2D eigenvalue weighted by molar-refractivity contribution is 0.539. The van der Waals surface area contributed by atoms with Crippen LogP contribution in [0.15, 0.2) is 28.1 Å². The molecule has 2 aromatic rings. The Labute approximate surface area is 117 Å². The van der Waals surface area contributed by atoms with Gasteiger partial charge in [0.1, 0.15) is 11.6 Å². The molecule has 1 aromatic heterocycles. The van der Waals surface area contributed by atoms with E-state index in [0.717, 1.165) is 14.2 Å².